The topological polar surface area (TPSA) is 69.7 Å². The molecule has 0 radical (unpaired) electrons. The number of amides is 4. The molecule has 0 spiro atoms. The fourth-order valence-corrected chi connectivity index (χ4v) is 5.20. The molecule has 5 rings (SSSR count). The van der Waals surface area contributed by atoms with Crippen molar-refractivity contribution in [3.8, 4) is 0 Å². The molecule has 32 heavy (non-hydrogen) atoms. The molecule has 0 aromatic heterocycles. The van der Waals surface area contributed by atoms with Crippen molar-refractivity contribution in [1.82, 2.24) is 10.2 Å². The SMILES string of the molecule is O=C(C1CCC2C(=O)N(c3ccccc3)C(=O)NC2C1)N1CC=C(c2ccccc2)CC1. The standard InChI is InChI=1S/C26H27N3O3/c30-24(28-15-13-19(14-16-28)18-7-3-1-4-8-18)20-11-12-22-23(17-20)27-26(32)29(25(22)31)21-9-5-2-6-10-21/h1-10,13,20,22-23H,11-12,14-17H2,(H,27,32). The summed E-state index contributed by atoms with van der Waals surface area (Å²) < 4.78 is 0. The van der Waals surface area contributed by atoms with E-state index in [1.807, 2.05) is 41.3 Å². The minimum absolute atomic E-state index is 0.138. The molecule has 2 aromatic rings. The molecule has 3 unspecified atom stereocenters. The maximum absolute atomic E-state index is 13.2. The van der Waals surface area contributed by atoms with E-state index in [9.17, 15) is 14.4 Å². The summed E-state index contributed by atoms with van der Waals surface area (Å²) in [6.07, 6.45) is 4.80. The number of fused-ring (bicyclic) bond motifs is 1. The normalized spacial score (nSPS) is 25.6. The Bertz CT molecular complexity index is 1050. The number of imide groups is 1. The quantitative estimate of drug-likeness (QED) is 0.806. The zero-order valence-electron chi connectivity index (χ0n) is 17.9. The third-order valence-electron chi connectivity index (χ3n) is 6.93. The summed E-state index contributed by atoms with van der Waals surface area (Å²) >= 11 is 0. The van der Waals surface area contributed by atoms with Gasteiger partial charge >= 0.3 is 6.03 Å². The molecule has 2 aromatic carbocycles. The lowest BCUT2D eigenvalue weighted by molar-refractivity contribution is -0.138. The van der Waals surface area contributed by atoms with Gasteiger partial charge in [-0.2, -0.15) is 0 Å². The van der Waals surface area contributed by atoms with Gasteiger partial charge in [-0.05, 0) is 49.0 Å². The molecular formula is C26H27N3O3. The van der Waals surface area contributed by atoms with E-state index in [2.05, 4.69) is 23.5 Å². The van der Waals surface area contributed by atoms with Crippen LogP contribution in [0.5, 0.6) is 0 Å². The molecule has 6 nitrogen and oxygen atoms in total. The van der Waals surface area contributed by atoms with E-state index >= 15 is 0 Å². The van der Waals surface area contributed by atoms with Crippen LogP contribution in [-0.2, 0) is 9.59 Å². The Morgan fingerprint density at radius 1 is 0.938 bits per heavy atom. The smallest absolute Gasteiger partial charge is 0.328 e. The van der Waals surface area contributed by atoms with Crippen molar-refractivity contribution in [2.24, 2.45) is 11.8 Å². The van der Waals surface area contributed by atoms with Crippen molar-refractivity contribution in [1.29, 1.82) is 0 Å². The van der Waals surface area contributed by atoms with Gasteiger partial charge in [0.25, 0.3) is 0 Å². The first-order valence-electron chi connectivity index (χ1n) is 11.3. The summed E-state index contributed by atoms with van der Waals surface area (Å²) in [5.74, 6) is -0.453. The van der Waals surface area contributed by atoms with E-state index in [-0.39, 0.29) is 29.7 Å². The van der Waals surface area contributed by atoms with Gasteiger partial charge < -0.3 is 10.2 Å². The maximum Gasteiger partial charge on any atom is 0.328 e. The summed E-state index contributed by atoms with van der Waals surface area (Å²) in [5, 5.41) is 3.00. The van der Waals surface area contributed by atoms with E-state index in [1.54, 1.807) is 12.1 Å². The Morgan fingerprint density at radius 2 is 1.66 bits per heavy atom. The Labute approximate surface area is 187 Å². The van der Waals surface area contributed by atoms with Gasteiger partial charge in [-0.1, -0.05) is 54.6 Å². The lowest BCUT2D eigenvalue weighted by Gasteiger charge is -2.43. The number of carbonyl (C=O) groups excluding carboxylic acids is 3. The van der Waals surface area contributed by atoms with Gasteiger partial charge in [0.05, 0.1) is 11.6 Å². The first kappa shape index (κ1) is 20.5. The number of hydrogen-bond donors (Lipinski definition) is 1. The van der Waals surface area contributed by atoms with Gasteiger partial charge in [0.1, 0.15) is 0 Å². The second-order valence-electron chi connectivity index (χ2n) is 8.81. The number of benzene rings is 2. The number of rotatable bonds is 3. The van der Waals surface area contributed by atoms with E-state index < -0.39 is 6.03 Å². The van der Waals surface area contributed by atoms with Gasteiger partial charge in [0.15, 0.2) is 0 Å². The Hall–Kier alpha value is -3.41. The van der Waals surface area contributed by atoms with E-state index in [1.165, 1.54) is 16.0 Å². The number of para-hydroxylation sites is 1. The highest BCUT2D eigenvalue weighted by atomic mass is 16.2. The molecule has 1 saturated carbocycles. The average molecular weight is 430 g/mol. The number of nitrogens with one attached hydrogen (secondary N) is 1. The number of anilines is 1. The highest BCUT2D eigenvalue weighted by Gasteiger charge is 2.46. The zero-order chi connectivity index (χ0) is 22.1. The average Bonchev–Trinajstić information content (AvgIpc) is 2.84. The van der Waals surface area contributed by atoms with Crippen LogP contribution in [0.3, 0.4) is 0 Å². The van der Waals surface area contributed by atoms with Crippen molar-refractivity contribution in [2.45, 2.75) is 31.7 Å². The first-order valence-corrected chi connectivity index (χ1v) is 11.3. The Morgan fingerprint density at radius 3 is 2.34 bits per heavy atom. The molecule has 3 atom stereocenters. The molecule has 6 heteroatoms. The van der Waals surface area contributed by atoms with E-state index in [0.29, 0.717) is 38.0 Å². The predicted molar refractivity (Wildman–Crippen MR) is 123 cm³/mol. The van der Waals surface area contributed by atoms with Crippen LogP contribution in [0.2, 0.25) is 0 Å². The van der Waals surface area contributed by atoms with Crippen molar-refractivity contribution < 1.29 is 14.4 Å². The highest BCUT2D eigenvalue weighted by Crippen LogP contribution is 2.36. The van der Waals surface area contributed by atoms with Gasteiger partial charge in [0, 0.05) is 25.0 Å². The third-order valence-corrected chi connectivity index (χ3v) is 6.93. The molecule has 4 amide bonds. The van der Waals surface area contributed by atoms with Crippen molar-refractivity contribution in [2.75, 3.05) is 18.0 Å². The van der Waals surface area contributed by atoms with Crippen LogP contribution in [0.1, 0.15) is 31.2 Å². The van der Waals surface area contributed by atoms with Crippen LogP contribution in [0, 0.1) is 11.8 Å². The van der Waals surface area contributed by atoms with E-state index in [0.717, 1.165) is 6.42 Å². The van der Waals surface area contributed by atoms with Crippen LogP contribution in [-0.4, -0.2) is 41.9 Å². The van der Waals surface area contributed by atoms with Crippen LogP contribution in [0.4, 0.5) is 10.5 Å². The van der Waals surface area contributed by atoms with Gasteiger partial charge in [-0.3, -0.25) is 9.59 Å². The molecule has 2 heterocycles. The van der Waals surface area contributed by atoms with Crippen LogP contribution >= 0.6 is 0 Å². The fraction of sp³-hybridized carbons (Fsp3) is 0.346. The third kappa shape index (κ3) is 3.81. The summed E-state index contributed by atoms with van der Waals surface area (Å²) in [6, 6.07) is 18.6. The zero-order valence-corrected chi connectivity index (χ0v) is 17.9. The number of carbonyl (C=O) groups is 3. The molecular weight excluding hydrogens is 402 g/mol. The number of urea groups is 1. The summed E-state index contributed by atoms with van der Waals surface area (Å²) in [6.45, 7) is 1.32. The fourth-order valence-electron chi connectivity index (χ4n) is 5.20. The highest BCUT2D eigenvalue weighted by molar-refractivity contribution is 6.17. The molecule has 1 N–H and O–H groups in total. The predicted octanol–water partition coefficient (Wildman–Crippen LogP) is 3.84. The summed E-state index contributed by atoms with van der Waals surface area (Å²) in [7, 11) is 0. The Balaban J connectivity index is 1.23. The van der Waals surface area contributed by atoms with Crippen LogP contribution in [0.15, 0.2) is 66.7 Å². The van der Waals surface area contributed by atoms with Crippen molar-refractivity contribution in [3.63, 3.8) is 0 Å². The molecule has 2 fully saturated rings. The molecule has 0 bridgehead atoms. The number of hydrogen-bond acceptors (Lipinski definition) is 3. The molecule has 3 aliphatic rings. The molecule has 1 saturated heterocycles. The summed E-state index contributed by atoms with van der Waals surface area (Å²) in [4.78, 5) is 42.1. The Kier molecular flexibility index (Phi) is 5.52. The summed E-state index contributed by atoms with van der Waals surface area (Å²) in [5.41, 5.74) is 3.08. The van der Waals surface area contributed by atoms with Gasteiger partial charge in [-0.25, -0.2) is 9.69 Å². The van der Waals surface area contributed by atoms with Crippen molar-refractivity contribution >= 4 is 29.1 Å². The molecule has 164 valence electrons. The molecule has 2 aliphatic heterocycles. The van der Waals surface area contributed by atoms with Gasteiger partial charge in [-0.15, -0.1) is 0 Å². The number of nitrogens with zero attached hydrogens (tertiary/aromatic N) is 2. The first-order chi connectivity index (χ1) is 15.6. The second kappa shape index (κ2) is 8.61. The van der Waals surface area contributed by atoms with Crippen LogP contribution < -0.4 is 10.2 Å². The van der Waals surface area contributed by atoms with Crippen LogP contribution in [0.25, 0.3) is 5.57 Å². The lowest BCUT2D eigenvalue weighted by atomic mass is 9.76. The van der Waals surface area contributed by atoms with Gasteiger partial charge in [0.2, 0.25) is 11.8 Å². The maximum atomic E-state index is 13.2. The van der Waals surface area contributed by atoms with Crippen molar-refractivity contribution in [3.05, 3.63) is 72.3 Å². The van der Waals surface area contributed by atoms with E-state index in [4.69, 9.17) is 0 Å². The monoisotopic (exact) mass is 429 g/mol. The minimum Gasteiger partial charge on any atom is -0.338 e. The molecule has 1 aliphatic carbocycles. The lowest BCUT2D eigenvalue weighted by Crippen LogP contribution is -2.62. The second-order valence-corrected chi connectivity index (χ2v) is 8.81. The minimum atomic E-state index is -0.399. The largest absolute Gasteiger partial charge is 0.338 e.